The number of rotatable bonds is 0. The Morgan fingerprint density at radius 1 is 0.933 bits per heavy atom. The fourth-order valence-electron chi connectivity index (χ4n) is 1.84. The first-order chi connectivity index (χ1) is 7.33. The third-order valence-corrected chi connectivity index (χ3v) is 2.60. The number of ether oxygens (including phenoxy) is 1. The highest BCUT2D eigenvalue weighted by Crippen LogP contribution is 2.36. The molecule has 2 aromatic carbocycles. The van der Waals surface area contributed by atoms with Crippen LogP contribution in [0.2, 0.25) is 0 Å². The van der Waals surface area contributed by atoms with Crippen LogP contribution >= 0.6 is 0 Å². The quantitative estimate of drug-likeness (QED) is 0.539. The maximum Gasteiger partial charge on any atom is 0.133 e. The van der Waals surface area contributed by atoms with Crippen LogP contribution in [0.15, 0.2) is 42.5 Å². The van der Waals surface area contributed by atoms with Gasteiger partial charge in [0.1, 0.15) is 17.3 Å². The lowest BCUT2D eigenvalue weighted by Gasteiger charge is -2.19. The molecule has 1 aliphatic heterocycles. The van der Waals surface area contributed by atoms with Crippen LogP contribution in [0.5, 0.6) is 11.5 Å². The fraction of sp³-hybridized carbons (Fsp3) is 0.0769. The van der Waals surface area contributed by atoms with Crippen LogP contribution in [0.4, 0.5) is 4.39 Å². The van der Waals surface area contributed by atoms with Gasteiger partial charge in [-0.15, -0.1) is 0 Å². The second-order valence-electron chi connectivity index (χ2n) is 3.64. The monoisotopic (exact) mass is 200 g/mol. The van der Waals surface area contributed by atoms with Gasteiger partial charge in [0, 0.05) is 12.5 Å². The summed E-state index contributed by atoms with van der Waals surface area (Å²) in [5, 5.41) is 0. The minimum atomic E-state index is -0.256. The Hall–Kier alpha value is -1.83. The van der Waals surface area contributed by atoms with E-state index in [4.69, 9.17) is 4.74 Å². The number of fused-ring (bicyclic) bond motifs is 2. The first-order valence-electron chi connectivity index (χ1n) is 4.87. The van der Waals surface area contributed by atoms with Gasteiger partial charge in [0.25, 0.3) is 0 Å². The van der Waals surface area contributed by atoms with Crippen molar-refractivity contribution in [2.24, 2.45) is 0 Å². The minimum Gasteiger partial charge on any atom is -0.457 e. The van der Waals surface area contributed by atoms with E-state index in [1.807, 2.05) is 24.3 Å². The summed E-state index contributed by atoms with van der Waals surface area (Å²) in [6.45, 7) is 0. The Balaban J connectivity index is 2.11. The number of halogens is 1. The molecule has 15 heavy (non-hydrogen) atoms. The van der Waals surface area contributed by atoms with Crippen molar-refractivity contribution in [1.82, 2.24) is 0 Å². The largest absolute Gasteiger partial charge is 0.457 e. The molecule has 1 nitrogen and oxygen atoms in total. The molecule has 74 valence electrons. The lowest BCUT2D eigenvalue weighted by atomic mass is 10.0. The number of hydrogen-bond donors (Lipinski definition) is 0. The first kappa shape index (κ1) is 8.48. The van der Waals surface area contributed by atoms with Gasteiger partial charge in [0.2, 0.25) is 0 Å². The molecule has 1 aliphatic rings. The Morgan fingerprint density at radius 3 is 2.67 bits per heavy atom. The van der Waals surface area contributed by atoms with Crippen molar-refractivity contribution in [3.8, 4) is 11.5 Å². The number of benzene rings is 2. The summed E-state index contributed by atoms with van der Waals surface area (Å²) in [6.07, 6.45) is 0.811. The molecule has 0 atom stereocenters. The number of para-hydroxylation sites is 1. The molecule has 0 bridgehead atoms. The summed E-state index contributed by atoms with van der Waals surface area (Å²) in [4.78, 5) is 0. The zero-order valence-corrected chi connectivity index (χ0v) is 8.03. The van der Waals surface area contributed by atoms with E-state index in [1.165, 1.54) is 12.1 Å². The Morgan fingerprint density at radius 2 is 1.73 bits per heavy atom. The molecule has 1 heterocycles. The predicted molar refractivity (Wildman–Crippen MR) is 55.7 cm³/mol. The van der Waals surface area contributed by atoms with Crippen molar-refractivity contribution in [3.05, 3.63) is 59.4 Å². The second kappa shape index (κ2) is 3.09. The molecule has 0 unspecified atom stereocenters. The highest BCUT2D eigenvalue weighted by molar-refractivity contribution is 5.49. The molecule has 0 aliphatic carbocycles. The van der Waals surface area contributed by atoms with Gasteiger partial charge in [-0.05, 0) is 23.3 Å². The molecule has 0 spiro atoms. The van der Waals surface area contributed by atoms with E-state index in [2.05, 4.69) is 0 Å². The third-order valence-electron chi connectivity index (χ3n) is 2.60. The smallest absolute Gasteiger partial charge is 0.133 e. The standard InChI is InChI=1S/C13H9FO/c14-11-6-5-10-7-9-3-1-2-4-12(9)15-13(10)8-11/h1-6,8H,7H2. The summed E-state index contributed by atoms with van der Waals surface area (Å²) in [5.41, 5.74) is 2.19. The first-order valence-corrected chi connectivity index (χ1v) is 4.87. The lowest BCUT2D eigenvalue weighted by molar-refractivity contribution is 0.454. The van der Waals surface area contributed by atoms with Gasteiger partial charge in [-0.2, -0.15) is 0 Å². The van der Waals surface area contributed by atoms with Gasteiger partial charge in [-0.25, -0.2) is 4.39 Å². The van der Waals surface area contributed by atoms with E-state index < -0.39 is 0 Å². The molecular weight excluding hydrogens is 191 g/mol. The van der Waals surface area contributed by atoms with Gasteiger partial charge in [-0.1, -0.05) is 24.3 Å². The summed E-state index contributed by atoms with van der Waals surface area (Å²) in [5.74, 6) is 1.21. The fourth-order valence-corrected chi connectivity index (χ4v) is 1.84. The van der Waals surface area contributed by atoms with Crippen molar-refractivity contribution in [2.75, 3.05) is 0 Å². The molecule has 2 heteroatoms. The van der Waals surface area contributed by atoms with Crippen molar-refractivity contribution < 1.29 is 9.13 Å². The zero-order chi connectivity index (χ0) is 10.3. The minimum absolute atomic E-state index is 0.256. The Kier molecular flexibility index (Phi) is 1.75. The van der Waals surface area contributed by atoms with Crippen molar-refractivity contribution in [2.45, 2.75) is 6.42 Å². The van der Waals surface area contributed by atoms with Crippen LogP contribution in [0.3, 0.4) is 0 Å². The highest BCUT2D eigenvalue weighted by atomic mass is 19.1. The summed E-state index contributed by atoms with van der Waals surface area (Å²) < 4.78 is 18.6. The molecule has 0 N–H and O–H groups in total. The van der Waals surface area contributed by atoms with E-state index in [0.717, 1.165) is 23.3 Å². The lowest BCUT2D eigenvalue weighted by Crippen LogP contribution is -2.02. The van der Waals surface area contributed by atoms with Crippen molar-refractivity contribution in [3.63, 3.8) is 0 Å². The van der Waals surface area contributed by atoms with E-state index in [-0.39, 0.29) is 5.82 Å². The molecule has 0 amide bonds. The Labute approximate surface area is 87.1 Å². The van der Waals surface area contributed by atoms with E-state index in [1.54, 1.807) is 6.07 Å². The van der Waals surface area contributed by atoms with Gasteiger partial charge >= 0.3 is 0 Å². The summed E-state index contributed by atoms with van der Waals surface area (Å²) >= 11 is 0. The van der Waals surface area contributed by atoms with Gasteiger partial charge in [0.15, 0.2) is 0 Å². The maximum atomic E-state index is 13.0. The summed E-state index contributed by atoms with van der Waals surface area (Å²) in [6, 6.07) is 12.5. The topological polar surface area (TPSA) is 9.23 Å². The number of hydrogen-bond acceptors (Lipinski definition) is 1. The van der Waals surface area contributed by atoms with Gasteiger partial charge < -0.3 is 4.74 Å². The van der Waals surface area contributed by atoms with E-state index in [0.29, 0.717) is 5.75 Å². The zero-order valence-electron chi connectivity index (χ0n) is 8.03. The Bertz CT molecular complexity index is 520. The van der Waals surface area contributed by atoms with E-state index >= 15 is 0 Å². The molecule has 0 aromatic heterocycles. The predicted octanol–water partition coefficient (Wildman–Crippen LogP) is 3.52. The maximum absolute atomic E-state index is 13.0. The van der Waals surface area contributed by atoms with Gasteiger partial charge in [-0.3, -0.25) is 0 Å². The second-order valence-corrected chi connectivity index (χ2v) is 3.64. The molecule has 0 saturated carbocycles. The average molecular weight is 200 g/mol. The van der Waals surface area contributed by atoms with Crippen LogP contribution in [0, 0.1) is 5.82 Å². The molecule has 2 aromatic rings. The molecule has 0 saturated heterocycles. The molecular formula is C13H9FO. The third kappa shape index (κ3) is 1.38. The average Bonchev–Trinajstić information content (AvgIpc) is 2.26. The van der Waals surface area contributed by atoms with Crippen LogP contribution in [0.25, 0.3) is 0 Å². The molecule has 0 radical (unpaired) electrons. The van der Waals surface area contributed by atoms with E-state index in [9.17, 15) is 4.39 Å². The summed E-state index contributed by atoms with van der Waals surface area (Å²) in [7, 11) is 0. The molecule has 0 fully saturated rings. The van der Waals surface area contributed by atoms with Crippen LogP contribution in [-0.2, 0) is 6.42 Å². The van der Waals surface area contributed by atoms with Crippen LogP contribution in [0.1, 0.15) is 11.1 Å². The van der Waals surface area contributed by atoms with Crippen LogP contribution in [-0.4, -0.2) is 0 Å². The van der Waals surface area contributed by atoms with Crippen LogP contribution < -0.4 is 4.74 Å². The van der Waals surface area contributed by atoms with Crippen molar-refractivity contribution in [1.29, 1.82) is 0 Å². The van der Waals surface area contributed by atoms with Gasteiger partial charge in [0.05, 0.1) is 0 Å². The highest BCUT2D eigenvalue weighted by Gasteiger charge is 2.16. The van der Waals surface area contributed by atoms with Crippen molar-refractivity contribution >= 4 is 0 Å². The molecule has 3 rings (SSSR count). The normalized spacial score (nSPS) is 12.6. The SMILES string of the molecule is Fc1ccc2c(c1)Oc1ccccc1C2.